The number of nitrogens with zero attached hydrogens (tertiary/aromatic N) is 3. The second-order valence-corrected chi connectivity index (χ2v) is 8.85. The number of hydrogen-bond donors (Lipinski definition) is 2. The Balaban J connectivity index is 1.26. The summed E-state index contributed by atoms with van der Waals surface area (Å²) in [7, 11) is 1.57. The molecule has 0 spiro atoms. The van der Waals surface area contributed by atoms with E-state index in [2.05, 4.69) is 34.3 Å². The Hall–Kier alpha value is -3.10. The normalized spacial score (nSPS) is 22.0. The molecule has 166 valence electrons. The van der Waals surface area contributed by atoms with Gasteiger partial charge in [0, 0.05) is 35.5 Å². The van der Waals surface area contributed by atoms with E-state index in [4.69, 9.17) is 9.47 Å². The molecule has 2 aromatic heterocycles. The van der Waals surface area contributed by atoms with Crippen LogP contribution < -0.4 is 10.1 Å². The van der Waals surface area contributed by atoms with E-state index in [0.717, 1.165) is 37.9 Å². The lowest BCUT2D eigenvalue weighted by atomic mass is 9.90. The van der Waals surface area contributed by atoms with Crippen molar-refractivity contribution in [1.29, 1.82) is 0 Å². The highest BCUT2D eigenvalue weighted by Gasteiger charge is 2.41. The maximum absolute atomic E-state index is 12.4. The summed E-state index contributed by atoms with van der Waals surface area (Å²) >= 11 is 0. The Morgan fingerprint density at radius 3 is 2.81 bits per heavy atom. The average Bonchev–Trinajstić information content (AvgIpc) is 3.37. The number of amides is 2. The molecule has 2 fully saturated rings. The van der Waals surface area contributed by atoms with E-state index in [0.29, 0.717) is 17.3 Å². The summed E-state index contributed by atoms with van der Waals surface area (Å²) in [5.74, 6) is 1.17. The van der Waals surface area contributed by atoms with Crippen LogP contribution in [0.1, 0.15) is 56.8 Å². The van der Waals surface area contributed by atoms with E-state index in [1.807, 2.05) is 6.07 Å². The zero-order chi connectivity index (χ0) is 22.0. The lowest BCUT2D eigenvalue weighted by Crippen LogP contribution is -2.58. The van der Waals surface area contributed by atoms with Crippen LogP contribution in [-0.4, -0.2) is 57.4 Å². The Kier molecular flexibility index (Phi) is 5.84. The van der Waals surface area contributed by atoms with Crippen LogP contribution in [0, 0.1) is 0 Å². The predicted molar refractivity (Wildman–Crippen MR) is 114 cm³/mol. The first-order valence-electron chi connectivity index (χ1n) is 10.7. The summed E-state index contributed by atoms with van der Waals surface area (Å²) < 4.78 is 10.8. The number of likely N-dealkylation sites (tertiary alicyclic amines) is 1. The monoisotopic (exact) mass is 427 g/mol. The molecule has 9 nitrogen and oxygen atoms in total. The van der Waals surface area contributed by atoms with Crippen molar-refractivity contribution in [3.8, 4) is 5.75 Å². The third kappa shape index (κ3) is 4.81. The van der Waals surface area contributed by atoms with Gasteiger partial charge < -0.3 is 19.7 Å². The van der Waals surface area contributed by atoms with E-state index < -0.39 is 0 Å². The fraction of sp³-hybridized carbons (Fsp3) is 0.545. The summed E-state index contributed by atoms with van der Waals surface area (Å²) in [5.41, 5.74) is 1.49. The molecule has 1 aliphatic carbocycles. The van der Waals surface area contributed by atoms with Gasteiger partial charge in [-0.25, -0.2) is 4.79 Å². The van der Waals surface area contributed by atoms with Gasteiger partial charge in [-0.05, 0) is 51.7 Å². The molecule has 3 heterocycles. The number of rotatable bonds is 6. The molecule has 1 aliphatic heterocycles. The topological polar surface area (TPSA) is 109 Å². The fourth-order valence-corrected chi connectivity index (χ4v) is 4.14. The molecule has 0 unspecified atom stereocenters. The number of H-pyrrole nitrogens is 1. The molecule has 0 bridgehead atoms. The van der Waals surface area contributed by atoms with Crippen LogP contribution in [0.3, 0.4) is 0 Å². The Morgan fingerprint density at radius 2 is 2.16 bits per heavy atom. The predicted octanol–water partition coefficient (Wildman–Crippen LogP) is 3.25. The number of aromatic nitrogens is 3. The van der Waals surface area contributed by atoms with Crippen molar-refractivity contribution in [2.45, 2.75) is 63.5 Å². The molecule has 4 rings (SSSR count). The summed E-state index contributed by atoms with van der Waals surface area (Å²) in [4.78, 5) is 30.7. The van der Waals surface area contributed by atoms with Gasteiger partial charge in [-0.15, -0.1) is 0 Å². The molecule has 2 aliphatic rings. The van der Waals surface area contributed by atoms with Gasteiger partial charge in [-0.2, -0.15) is 5.10 Å². The number of carbonyl (C=O) groups is 2. The summed E-state index contributed by atoms with van der Waals surface area (Å²) in [5, 5.41) is 10.0. The molecule has 1 saturated heterocycles. The quantitative estimate of drug-likeness (QED) is 0.732. The second-order valence-electron chi connectivity index (χ2n) is 8.85. The van der Waals surface area contributed by atoms with Crippen LogP contribution >= 0.6 is 0 Å². The van der Waals surface area contributed by atoms with Gasteiger partial charge in [0.2, 0.25) is 5.91 Å². The standard InChI is InChI=1S/C22H29N5O4/c1-22(2)8-9-27(22)21(29)31-16-6-4-14(10-16)18-12-19(26-25-18)24-20(28)11-15-5-7-17(30-3)13-23-15/h5,7,12-14,16H,4,6,8-11H2,1-3H3,(H2,24,25,26,28)/t14-,16+/m0/s1. The van der Waals surface area contributed by atoms with Crippen molar-refractivity contribution in [2.75, 3.05) is 19.0 Å². The minimum Gasteiger partial charge on any atom is -0.495 e. The molecule has 2 amide bonds. The molecule has 0 aromatic carbocycles. The minimum atomic E-state index is -0.216. The number of carbonyl (C=O) groups excluding carboxylic acids is 2. The van der Waals surface area contributed by atoms with Gasteiger partial charge >= 0.3 is 6.09 Å². The highest BCUT2D eigenvalue weighted by Crippen LogP contribution is 2.37. The van der Waals surface area contributed by atoms with E-state index in [-0.39, 0.29) is 36.0 Å². The van der Waals surface area contributed by atoms with Gasteiger partial charge in [-0.3, -0.25) is 14.9 Å². The van der Waals surface area contributed by atoms with Crippen LogP contribution in [0.2, 0.25) is 0 Å². The zero-order valence-electron chi connectivity index (χ0n) is 18.2. The summed E-state index contributed by atoms with van der Waals surface area (Å²) in [6, 6.07) is 5.39. The first-order chi connectivity index (χ1) is 14.8. The van der Waals surface area contributed by atoms with Crippen molar-refractivity contribution in [3.05, 3.63) is 35.8 Å². The van der Waals surface area contributed by atoms with E-state index in [1.54, 1.807) is 30.3 Å². The Labute approximate surface area is 181 Å². The number of anilines is 1. The van der Waals surface area contributed by atoms with Crippen molar-refractivity contribution in [2.24, 2.45) is 0 Å². The second kappa shape index (κ2) is 8.56. The molecular formula is C22H29N5O4. The molecule has 9 heteroatoms. The SMILES string of the molecule is COc1ccc(CC(=O)Nc2cc([C@H]3CC[C@@H](OC(=O)N4CCC4(C)C)C3)[nH]n2)nc1. The third-order valence-electron chi connectivity index (χ3n) is 6.23. The molecule has 1 saturated carbocycles. The van der Waals surface area contributed by atoms with Crippen LogP contribution in [0.4, 0.5) is 10.6 Å². The largest absolute Gasteiger partial charge is 0.495 e. The van der Waals surface area contributed by atoms with Crippen molar-refractivity contribution < 1.29 is 19.1 Å². The number of methoxy groups -OCH3 is 1. The molecule has 31 heavy (non-hydrogen) atoms. The Bertz CT molecular complexity index is 940. The number of aromatic amines is 1. The maximum atomic E-state index is 12.4. The zero-order valence-corrected chi connectivity index (χ0v) is 18.2. The van der Waals surface area contributed by atoms with Crippen LogP contribution in [0.5, 0.6) is 5.75 Å². The number of nitrogens with one attached hydrogen (secondary N) is 2. The molecule has 2 atom stereocenters. The van der Waals surface area contributed by atoms with Gasteiger partial charge in [0.15, 0.2) is 5.82 Å². The number of pyridine rings is 1. The smallest absolute Gasteiger partial charge is 0.410 e. The first-order valence-corrected chi connectivity index (χ1v) is 10.7. The molecule has 2 aromatic rings. The fourth-order valence-electron chi connectivity index (χ4n) is 4.14. The van der Waals surface area contributed by atoms with E-state index in [1.165, 1.54) is 0 Å². The third-order valence-corrected chi connectivity index (χ3v) is 6.23. The summed E-state index contributed by atoms with van der Waals surface area (Å²) in [6.07, 6.45) is 4.93. The molecule has 2 N–H and O–H groups in total. The van der Waals surface area contributed by atoms with Gasteiger partial charge in [0.05, 0.1) is 19.7 Å². The average molecular weight is 428 g/mol. The summed E-state index contributed by atoms with van der Waals surface area (Å²) in [6.45, 7) is 4.87. The van der Waals surface area contributed by atoms with E-state index >= 15 is 0 Å². The molecular weight excluding hydrogens is 398 g/mol. The lowest BCUT2D eigenvalue weighted by molar-refractivity contribution is -0.115. The van der Waals surface area contributed by atoms with Crippen molar-refractivity contribution in [3.63, 3.8) is 0 Å². The minimum absolute atomic E-state index is 0.0867. The van der Waals surface area contributed by atoms with Crippen LogP contribution in [0.25, 0.3) is 0 Å². The Morgan fingerprint density at radius 1 is 1.32 bits per heavy atom. The van der Waals surface area contributed by atoms with Crippen molar-refractivity contribution >= 4 is 17.8 Å². The maximum Gasteiger partial charge on any atom is 0.410 e. The van der Waals surface area contributed by atoms with Crippen molar-refractivity contribution in [1.82, 2.24) is 20.1 Å². The van der Waals surface area contributed by atoms with Gasteiger partial charge in [-0.1, -0.05) is 0 Å². The van der Waals surface area contributed by atoms with Gasteiger partial charge in [0.1, 0.15) is 11.9 Å². The highest BCUT2D eigenvalue weighted by molar-refractivity contribution is 5.91. The number of hydrogen-bond acceptors (Lipinski definition) is 6. The number of ether oxygens (including phenoxy) is 2. The van der Waals surface area contributed by atoms with Crippen LogP contribution in [0.15, 0.2) is 24.4 Å². The van der Waals surface area contributed by atoms with Gasteiger partial charge in [0.25, 0.3) is 0 Å². The first kappa shape index (κ1) is 21.1. The molecule has 0 radical (unpaired) electrons. The van der Waals surface area contributed by atoms with E-state index in [9.17, 15) is 9.59 Å². The lowest BCUT2D eigenvalue weighted by Gasteiger charge is -2.47. The van der Waals surface area contributed by atoms with Crippen LogP contribution in [-0.2, 0) is 16.0 Å². The highest BCUT2D eigenvalue weighted by atomic mass is 16.6.